The Kier molecular flexibility index (Phi) is 14.2. The van der Waals surface area contributed by atoms with Crippen LogP contribution in [-0.4, -0.2) is 19.5 Å². The molecule has 0 saturated heterocycles. The summed E-state index contributed by atoms with van der Waals surface area (Å²) >= 11 is 1.85. The number of anilines is 2. The minimum Gasteiger partial charge on any atom is -0.398 e. The highest BCUT2D eigenvalue weighted by Gasteiger charge is 2.30. The summed E-state index contributed by atoms with van der Waals surface area (Å²) in [6.07, 6.45) is 40.1. The van der Waals surface area contributed by atoms with E-state index in [-0.39, 0.29) is 5.92 Å². The fraction of sp³-hybridized carbons (Fsp3) is 0.0357. The summed E-state index contributed by atoms with van der Waals surface area (Å²) in [6.45, 7) is 3.87. The van der Waals surface area contributed by atoms with Crippen molar-refractivity contribution in [3.8, 4) is 56.0 Å². The molecule has 0 spiro atoms. The van der Waals surface area contributed by atoms with Crippen LogP contribution in [0.2, 0.25) is 0 Å². The van der Waals surface area contributed by atoms with Gasteiger partial charge in [-0.3, -0.25) is 15.0 Å². The van der Waals surface area contributed by atoms with Crippen molar-refractivity contribution in [1.82, 2.24) is 19.5 Å². The number of allylic oxidation sites excluding steroid dienone is 16. The largest absolute Gasteiger partial charge is 0.398 e. The third kappa shape index (κ3) is 10.1. The molecule has 3 aliphatic carbocycles. The molecule has 0 fully saturated rings. The quantitative estimate of drug-likeness (QED) is 0.123. The molecule has 1 atom stereocenters. The minimum atomic E-state index is -0.0326. The Morgan fingerprint density at radius 3 is 1.85 bits per heavy atom. The Hall–Kier alpha value is -11.5. The van der Waals surface area contributed by atoms with E-state index >= 15 is 0 Å². The Morgan fingerprint density at radius 1 is 0.560 bits per heavy atom. The van der Waals surface area contributed by atoms with Crippen LogP contribution in [0.3, 0.4) is 0 Å². The monoisotopic (exact) mass is 1180 g/mol. The van der Waals surface area contributed by atoms with Crippen LogP contribution in [0.1, 0.15) is 45.9 Å². The van der Waals surface area contributed by atoms with Gasteiger partial charge in [0.1, 0.15) is 0 Å². The van der Waals surface area contributed by atoms with E-state index < -0.39 is 0 Å². The number of thiophene rings is 1. The number of pyridine rings is 3. The number of nitrogens with two attached hydrogens (primary N) is 1. The average molecular weight is 1190 g/mol. The molecule has 7 heteroatoms. The van der Waals surface area contributed by atoms with Crippen molar-refractivity contribution in [2.24, 2.45) is 5.73 Å². The lowest BCUT2D eigenvalue weighted by molar-refractivity contribution is 1.00. The second-order valence-corrected chi connectivity index (χ2v) is 24.3. The highest BCUT2D eigenvalue weighted by atomic mass is 32.1. The highest BCUT2D eigenvalue weighted by molar-refractivity contribution is 7.20. The van der Waals surface area contributed by atoms with Gasteiger partial charge in [0.25, 0.3) is 0 Å². The fourth-order valence-electron chi connectivity index (χ4n) is 13.6. The smallest absolute Gasteiger partial charge is 0.0708 e. The molecule has 4 aliphatic rings. The molecule has 6 nitrogen and oxygen atoms in total. The van der Waals surface area contributed by atoms with Crippen LogP contribution in [-0.2, 0) is 0 Å². The molecule has 91 heavy (non-hydrogen) atoms. The lowest BCUT2D eigenvalue weighted by Crippen LogP contribution is -2.21. The van der Waals surface area contributed by atoms with Crippen molar-refractivity contribution in [2.45, 2.75) is 18.8 Å². The molecule has 0 saturated carbocycles. The topological polar surface area (TPSA) is 72.9 Å². The van der Waals surface area contributed by atoms with Gasteiger partial charge in [0.2, 0.25) is 0 Å². The van der Waals surface area contributed by atoms with Gasteiger partial charge in [-0.15, -0.1) is 11.3 Å². The third-order valence-electron chi connectivity index (χ3n) is 17.8. The maximum atomic E-state index is 6.92. The van der Waals surface area contributed by atoms with Gasteiger partial charge in [-0.25, -0.2) is 0 Å². The molecular formula is C84H60N6S. The molecule has 0 radical (unpaired) electrons. The summed E-state index contributed by atoms with van der Waals surface area (Å²) in [7, 11) is 0. The molecule has 1 aliphatic heterocycles. The molecule has 16 rings (SSSR count). The molecule has 7 aromatic carbocycles. The molecule has 5 aromatic heterocycles. The summed E-state index contributed by atoms with van der Waals surface area (Å²) in [5.41, 5.74) is 33.0. The Labute approximate surface area is 533 Å². The van der Waals surface area contributed by atoms with Crippen LogP contribution < -0.4 is 10.6 Å². The van der Waals surface area contributed by atoms with Crippen molar-refractivity contribution in [2.75, 3.05) is 4.90 Å². The first-order chi connectivity index (χ1) is 45.0. The van der Waals surface area contributed by atoms with E-state index in [2.05, 4.69) is 265 Å². The first-order valence-electron chi connectivity index (χ1n) is 30.9. The van der Waals surface area contributed by atoms with Gasteiger partial charge in [-0.05, 0) is 178 Å². The first kappa shape index (κ1) is 54.8. The van der Waals surface area contributed by atoms with Crippen LogP contribution in [0.15, 0.2) is 321 Å². The number of benzene rings is 7. The van der Waals surface area contributed by atoms with Gasteiger partial charge >= 0.3 is 0 Å². The normalized spacial score (nSPS) is 15.3. The van der Waals surface area contributed by atoms with Crippen molar-refractivity contribution in [3.05, 3.63) is 348 Å². The molecule has 2 N–H and O–H groups in total. The lowest BCUT2D eigenvalue weighted by atomic mass is 9.86. The van der Waals surface area contributed by atoms with Crippen LogP contribution in [0.25, 0.3) is 117 Å². The zero-order chi connectivity index (χ0) is 60.8. The zero-order valence-electron chi connectivity index (χ0n) is 49.9. The van der Waals surface area contributed by atoms with Crippen molar-refractivity contribution < 1.29 is 0 Å². The fourth-order valence-corrected chi connectivity index (χ4v) is 14.7. The van der Waals surface area contributed by atoms with Crippen molar-refractivity contribution in [3.63, 3.8) is 0 Å². The van der Waals surface area contributed by atoms with Crippen molar-refractivity contribution in [1.29, 1.82) is 0 Å². The second kappa shape index (κ2) is 23.5. The molecule has 6 heterocycles. The number of hydrogen-bond donors (Lipinski definition) is 1. The third-order valence-corrected chi connectivity index (χ3v) is 19.0. The summed E-state index contributed by atoms with van der Waals surface area (Å²) in [5.74, 6) is -0.0326. The standard InChI is InChI=1S/C84H60N6S/c1-2-3-5-30-76(85)67-26-7-4-6-22-63(67)57-37-42-81-72(51-57)73-52-58(66-25-10-13-29-70(66)79-33-16-19-47-88-79)38-43-82(73)90(81)60-21-20-34-83-74(53-60)75-54-62(40-44-84(75)91-83)89-61-39-35-55(64-23-8-11-27-68(64)77-31-14-17-45-86-77)48-59(49-61)71-50-56(36-41-80(71)89)65-24-9-12-28-69(65)78-32-15-18-46-87-78/h2-6,8-20,22-54,59H,1,7,21,85H2/b5-3-,76-30-. The maximum absolute atomic E-state index is 6.92. The maximum Gasteiger partial charge on any atom is 0.0708 e. The van der Waals surface area contributed by atoms with Gasteiger partial charge in [-0.2, -0.15) is 0 Å². The summed E-state index contributed by atoms with van der Waals surface area (Å²) in [6, 6.07) is 72.3. The molecular weight excluding hydrogens is 1130 g/mol. The SMILES string of the molecule is C=C/C=C\C=C(/N)C1=CCC=CC=C1c1ccc2c(c1)c1cc(-c3ccccc3-c3ccccn3)ccc1n2C1=Cc2c(sc3ccc(N4C5=CC(C=C(c6ccccc6-c6ccccn6)C=C5)c5cc(-c6ccccc6-c6ccccn6)ccc54)cc23)C=CC1. The predicted octanol–water partition coefficient (Wildman–Crippen LogP) is 21.6. The Balaban J connectivity index is 0.849. The number of hydrogen-bond acceptors (Lipinski definition) is 6. The van der Waals surface area contributed by atoms with Gasteiger partial charge in [0.15, 0.2) is 0 Å². The summed E-state index contributed by atoms with van der Waals surface area (Å²) in [5, 5.41) is 3.54. The number of fused-ring (bicyclic) bond motifs is 9. The van der Waals surface area contributed by atoms with Gasteiger partial charge < -0.3 is 15.2 Å². The van der Waals surface area contributed by atoms with E-state index in [1.165, 1.54) is 31.8 Å². The number of rotatable bonds is 12. The predicted molar refractivity (Wildman–Crippen MR) is 384 cm³/mol. The molecule has 2 bridgehead atoms. The van der Waals surface area contributed by atoms with E-state index in [0.29, 0.717) is 5.70 Å². The Morgan fingerprint density at radius 2 is 1.18 bits per heavy atom. The molecule has 1 unspecified atom stereocenters. The van der Waals surface area contributed by atoms with Gasteiger partial charge in [0, 0.05) is 107 Å². The first-order valence-corrected chi connectivity index (χ1v) is 31.8. The van der Waals surface area contributed by atoms with Gasteiger partial charge in [-0.1, -0.05) is 177 Å². The van der Waals surface area contributed by atoms with Gasteiger partial charge in [0.05, 0.1) is 33.8 Å². The highest BCUT2D eigenvalue weighted by Crippen LogP contribution is 2.50. The average Bonchev–Trinajstić information content (AvgIpc) is 1.66. The van der Waals surface area contributed by atoms with Crippen LogP contribution in [0, 0.1) is 0 Å². The minimum absolute atomic E-state index is 0.0326. The summed E-state index contributed by atoms with van der Waals surface area (Å²) in [4.78, 5) is 18.2. The van der Waals surface area contributed by atoms with E-state index in [9.17, 15) is 0 Å². The van der Waals surface area contributed by atoms with E-state index in [1.807, 2.05) is 66.4 Å². The van der Waals surface area contributed by atoms with E-state index in [4.69, 9.17) is 20.7 Å². The zero-order valence-corrected chi connectivity index (χ0v) is 50.7. The summed E-state index contributed by atoms with van der Waals surface area (Å²) < 4.78 is 3.74. The van der Waals surface area contributed by atoms with Crippen LogP contribution >= 0.6 is 11.3 Å². The van der Waals surface area contributed by atoms with E-state index in [0.717, 1.165) is 136 Å². The number of nitrogens with zero attached hydrogens (tertiary/aromatic N) is 5. The van der Waals surface area contributed by atoms with Crippen molar-refractivity contribution >= 4 is 83.6 Å². The number of aromatic nitrogens is 4. The second-order valence-electron chi connectivity index (χ2n) is 23.2. The van der Waals surface area contributed by atoms with Crippen LogP contribution in [0.5, 0.6) is 0 Å². The van der Waals surface area contributed by atoms with Crippen LogP contribution in [0.4, 0.5) is 11.4 Å². The molecule has 432 valence electrons. The molecule has 12 aromatic rings. The molecule has 0 amide bonds. The lowest BCUT2D eigenvalue weighted by Gasteiger charge is -2.34. The Bertz CT molecular complexity index is 5250. The van der Waals surface area contributed by atoms with E-state index in [1.54, 1.807) is 6.08 Å².